The van der Waals surface area contributed by atoms with Gasteiger partial charge in [-0.2, -0.15) is 0 Å². The number of carbonyl (C=O) groups excluding carboxylic acids is 2. The molecule has 0 radical (unpaired) electrons. The third-order valence-electron chi connectivity index (χ3n) is 6.97. The Balaban J connectivity index is 1.78. The van der Waals surface area contributed by atoms with Crippen molar-refractivity contribution < 1.29 is 29.3 Å². The molecule has 0 spiro atoms. The van der Waals surface area contributed by atoms with Gasteiger partial charge in [-0.25, -0.2) is 4.98 Å². The molecule has 0 aliphatic carbocycles. The summed E-state index contributed by atoms with van der Waals surface area (Å²) in [6, 6.07) is 16.1. The van der Waals surface area contributed by atoms with Crippen molar-refractivity contribution in [2.75, 3.05) is 18.6 Å². The number of H-pyrrole nitrogens is 1. The maximum absolute atomic E-state index is 13.7. The summed E-state index contributed by atoms with van der Waals surface area (Å²) in [5.41, 5.74) is 2.52. The highest BCUT2D eigenvalue weighted by molar-refractivity contribution is 6.51. The number of fused-ring (bicyclic) bond motifs is 1. The largest absolute Gasteiger partial charge is 0.507 e. The number of Topliss-reactive ketones (excluding diaryl/α,β-unsaturated/α-hetero) is 1. The number of nitrogens with zero attached hydrogens (tertiary/aromatic N) is 2. The number of aliphatic hydroxyl groups excluding tert-OH is 1. The molecular weight excluding hydrogens is 510 g/mol. The van der Waals surface area contributed by atoms with Crippen molar-refractivity contribution in [3.63, 3.8) is 0 Å². The first-order valence-corrected chi connectivity index (χ1v) is 13.0. The summed E-state index contributed by atoms with van der Waals surface area (Å²) in [4.78, 5) is 36.2. The zero-order valence-electron chi connectivity index (χ0n) is 23.0. The first-order valence-electron chi connectivity index (χ1n) is 13.0. The summed E-state index contributed by atoms with van der Waals surface area (Å²) >= 11 is 0. The second-order valence-corrected chi connectivity index (χ2v) is 10.6. The fourth-order valence-electron chi connectivity index (χ4n) is 4.90. The van der Waals surface area contributed by atoms with Gasteiger partial charge in [0, 0.05) is 0 Å². The zero-order valence-corrected chi connectivity index (χ0v) is 23.0. The van der Waals surface area contributed by atoms with E-state index in [1.165, 1.54) is 18.1 Å². The van der Waals surface area contributed by atoms with Crippen molar-refractivity contribution >= 4 is 34.4 Å². The van der Waals surface area contributed by atoms with Crippen molar-refractivity contribution in [3.8, 4) is 17.2 Å². The molecule has 1 fully saturated rings. The number of aromatic nitrogens is 2. The first kappa shape index (κ1) is 26.8. The molecule has 3 aromatic carbocycles. The molecule has 0 bridgehead atoms. The Morgan fingerprint density at radius 1 is 1.05 bits per heavy atom. The summed E-state index contributed by atoms with van der Waals surface area (Å²) in [7, 11) is 1.47. The zero-order chi connectivity index (χ0) is 28.8. The fraction of sp³-hybridized carbons (Fsp3) is 0.258. The maximum Gasteiger partial charge on any atom is 0.302 e. The van der Waals surface area contributed by atoms with Gasteiger partial charge in [0.1, 0.15) is 11.5 Å². The third kappa shape index (κ3) is 4.53. The van der Waals surface area contributed by atoms with Gasteiger partial charge in [-0.15, -0.1) is 0 Å². The van der Waals surface area contributed by atoms with Gasteiger partial charge in [0.25, 0.3) is 5.78 Å². The summed E-state index contributed by atoms with van der Waals surface area (Å²) in [6.45, 7) is 8.17. The standard InChI is InChI=1S/C31H31N3O6/c1-6-40-24-15-17(11-13-22(24)35)26-25(27(36)19-16-18(31(2,3)4)12-14-23(19)39-5)28(37)29(38)34(26)30-32-20-9-7-8-10-21(20)33-30/h7-16,26,35-36H,6H2,1-5H3,(H,32,33)/b27-25+. The molecule has 1 aromatic heterocycles. The number of ether oxygens (including phenoxy) is 2. The van der Waals surface area contributed by atoms with Crippen molar-refractivity contribution in [1.82, 2.24) is 9.97 Å². The summed E-state index contributed by atoms with van der Waals surface area (Å²) in [5.74, 6) is -1.53. The van der Waals surface area contributed by atoms with Crippen LogP contribution < -0.4 is 14.4 Å². The van der Waals surface area contributed by atoms with E-state index in [1.54, 1.807) is 37.3 Å². The predicted octanol–water partition coefficient (Wildman–Crippen LogP) is 5.60. The van der Waals surface area contributed by atoms with Gasteiger partial charge >= 0.3 is 5.91 Å². The van der Waals surface area contributed by atoms with Crippen molar-refractivity contribution in [1.29, 1.82) is 0 Å². The van der Waals surface area contributed by atoms with E-state index in [2.05, 4.69) is 9.97 Å². The number of rotatable bonds is 6. The lowest BCUT2D eigenvalue weighted by Crippen LogP contribution is -2.30. The van der Waals surface area contributed by atoms with E-state index < -0.39 is 17.7 Å². The molecule has 1 aliphatic heterocycles. The van der Waals surface area contributed by atoms with Gasteiger partial charge in [0.15, 0.2) is 11.5 Å². The molecule has 1 saturated heterocycles. The average molecular weight is 542 g/mol. The van der Waals surface area contributed by atoms with Crippen molar-refractivity contribution in [2.24, 2.45) is 0 Å². The monoisotopic (exact) mass is 541 g/mol. The number of phenols is 1. The van der Waals surface area contributed by atoms with Crippen LogP contribution in [0.15, 0.2) is 66.2 Å². The number of aromatic amines is 1. The lowest BCUT2D eigenvalue weighted by atomic mass is 9.85. The molecule has 0 saturated carbocycles. The highest BCUT2D eigenvalue weighted by atomic mass is 16.5. The number of ketones is 1. The number of hydrogen-bond donors (Lipinski definition) is 3. The number of aliphatic hydroxyl groups is 1. The Bertz CT molecular complexity index is 1630. The van der Waals surface area contributed by atoms with E-state index in [1.807, 2.05) is 45.0 Å². The SMILES string of the molecule is CCOc1cc(C2/C(=C(\O)c3cc(C(C)(C)C)ccc3OC)C(=O)C(=O)N2c2nc3ccccc3[nH]2)ccc1O. The number of aromatic hydroxyl groups is 1. The quantitative estimate of drug-likeness (QED) is 0.165. The predicted molar refractivity (Wildman–Crippen MR) is 152 cm³/mol. The Morgan fingerprint density at radius 2 is 1.80 bits per heavy atom. The molecule has 40 heavy (non-hydrogen) atoms. The molecule has 2 heterocycles. The Labute approximate surface area is 231 Å². The number of imidazole rings is 1. The first-order chi connectivity index (χ1) is 19.0. The number of benzene rings is 3. The normalized spacial score (nSPS) is 17.0. The minimum Gasteiger partial charge on any atom is -0.507 e. The third-order valence-corrected chi connectivity index (χ3v) is 6.97. The number of anilines is 1. The number of phenolic OH excluding ortho intramolecular Hbond substituents is 1. The van der Waals surface area contributed by atoms with E-state index >= 15 is 0 Å². The number of carbonyl (C=O) groups is 2. The smallest absolute Gasteiger partial charge is 0.302 e. The van der Waals surface area contributed by atoms with E-state index in [0.29, 0.717) is 22.3 Å². The number of hydrogen-bond acceptors (Lipinski definition) is 7. The Morgan fingerprint density at radius 3 is 2.48 bits per heavy atom. The molecule has 3 N–H and O–H groups in total. The van der Waals surface area contributed by atoms with Gasteiger partial charge in [0.05, 0.1) is 41.9 Å². The molecule has 1 unspecified atom stereocenters. The Hall–Kier alpha value is -4.79. The number of para-hydroxylation sites is 2. The number of amides is 1. The van der Waals surface area contributed by atoms with Crippen LogP contribution in [0.1, 0.15) is 50.4 Å². The molecule has 4 aromatic rings. The molecule has 1 aliphatic rings. The maximum atomic E-state index is 13.7. The van der Waals surface area contributed by atoms with E-state index in [-0.39, 0.29) is 46.4 Å². The van der Waals surface area contributed by atoms with Crippen molar-refractivity contribution in [3.05, 3.63) is 82.9 Å². The van der Waals surface area contributed by atoms with E-state index in [0.717, 1.165) is 5.56 Å². The molecule has 1 amide bonds. The van der Waals surface area contributed by atoms with Crippen LogP contribution in [-0.2, 0) is 15.0 Å². The van der Waals surface area contributed by atoms with Gasteiger partial charge < -0.3 is 24.7 Å². The van der Waals surface area contributed by atoms with Crippen LogP contribution >= 0.6 is 0 Å². The van der Waals surface area contributed by atoms with E-state index in [4.69, 9.17) is 9.47 Å². The van der Waals surface area contributed by atoms with Crippen molar-refractivity contribution in [2.45, 2.75) is 39.2 Å². The van der Waals surface area contributed by atoms with Crippen LogP contribution in [0.3, 0.4) is 0 Å². The summed E-state index contributed by atoms with van der Waals surface area (Å²) in [6.07, 6.45) is 0. The van der Waals surface area contributed by atoms with Crippen LogP contribution in [0.4, 0.5) is 5.95 Å². The lowest BCUT2D eigenvalue weighted by Gasteiger charge is -2.24. The highest BCUT2D eigenvalue weighted by Gasteiger charge is 2.48. The average Bonchev–Trinajstić information content (AvgIpc) is 3.47. The lowest BCUT2D eigenvalue weighted by molar-refractivity contribution is -0.132. The summed E-state index contributed by atoms with van der Waals surface area (Å²) < 4.78 is 11.1. The summed E-state index contributed by atoms with van der Waals surface area (Å²) in [5, 5.41) is 22.1. The number of methoxy groups -OCH3 is 1. The van der Waals surface area contributed by atoms with Crippen LogP contribution in [0.5, 0.6) is 17.2 Å². The van der Waals surface area contributed by atoms with Gasteiger partial charge in [-0.1, -0.05) is 45.0 Å². The van der Waals surface area contributed by atoms with Gasteiger partial charge in [-0.05, 0) is 59.9 Å². The number of nitrogens with one attached hydrogen (secondary N) is 1. The van der Waals surface area contributed by atoms with E-state index in [9.17, 15) is 19.8 Å². The van der Waals surface area contributed by atoms with Crippen LogP contribution in [0.2, 0.25) is 0 Å². The highest BCUT2D eigenvalue weighted by Crippen LogP contribution is 2.45. The molecule has 9 heteroatoms. The minimum atomic E-state index is -1.08. The molecule has 1 atom stereocenters. The second-order valence-electron chi connectivity index (χ2n) is 10.6. The topological polar surface area (TPSA) is 125 Å². The van der Waals surface area contributed by atoms with Crippen LogP contribution in [0.25, 0.3) is 16.8 Å². The van der Waals surface area contributed by atoms with Gasteiger partial charge in [0.2, 0.25) is 5.95 Å². The minimum absolute atomic E-state index is 0.0918. The molecular formula is C31H31N3O6. The van der Waals surface area contributed by atoms with Crippen LogP contribution in [0, 0.1) is 0 Å². The molecule has 5 rings (SSSR count). The van der Waals surface area contributed by atoms with Crippen LogP contribution in [-0.4, -0.2) is 45.6 Å². The second kappa shape index (κ2) is 10.1. The molecule has 206 valence electrons. The molecule has 9 nitrogen and oxygen atoms in total. The fourth-order valence-corrected chi connectivity index (χ4v) is 4.90. The van der Waals surface area contributed by atoms with Gasteiger partial charge in [-0.3, -0.25) is 14.5 Å². The Kier molecular flexibility index (Phi) is 6.75.